The number of likely N-dealkylation sites (N-methyl/N-ethyl adjacent to an activating group) is 1. The van der Waals surface area contributed by atoms with Gasteiger partial charge in [-0.1, -0.05) is 6.08 Å². The van der Waals surface area contributed by atoms with E-state index in [2.05, 4.69) is 61.5 Å². The number of hydrogen-bond acceptors (Lipinski definition) is 4. The van der Waals surface area contributed by atoms with E-state index < -0.39 is 0 Å². The zero-order chi connectivity index (χ0) is 20.6. The molecule has 3 rings (SSSR count). The predicted molar refractivity (Wildman–Crippen MR) is 123 cm³/mol. The van der Waals surface area contributed by atoms with Crippen molar-refractivity contribution in [3.63, 3.8) is 0 Å². The summed E-state index contributed by atoms with van der Waals surface area (Å²) in [4.78, 5) is 14.5. The minimum atomic E-state index is -0.365. The van der Waals surface area contributed by atoms with E-state index in [4.69, 9.17) is 0 Å². The molecule has 0 aliphatic carbocycles. The van der Waals surface area contributed by atoms with Crippen LogP contribution < -0.4 is 10.3 Å². The molecule has 2 aromatic carbocycles. The summed E-state index contributed by atoms with van der Waals surface area (Å²) in [7, 11) is 2.10. The number of halogens is 1. The fourth-order valence-corrected chi connectivity index (χ4v) is 3.67. The Morgan fingerprint density at radius 3 is 2.64 bits per heavy atom. The van der Waals surface area contributed by atoms with Crippen LogP contribution in [-0.2, 0) is 0 Å². The van der Waals surface area contributed by atoms with Gasteiger partial charge < -0.3 is 10.0 Å². The monoisotopic (exact) mass is 489 g/mol. The van der Waals surface area contributed by atoms with E-state index in [0.717, 1.165) is 11.1 Å². The highest BCUT2D eigenvalue weighted by Gasteiger charge is 2.28. The van der Waals surface area contributed by atoms with Gasteiger partial charge in [0, 0.05) is 23.9 Å². The van der Waals surface area contributed by atoms with Gasteiger partial charge >= 0.3 is 0 Å². The van der Waals surface area contributed by atoms with Gasteiger partial charge in [-0.3, -0.25) is 4.79 Å². The SMILES string of the molecule is CC1=CC(C)(C)N(C)c2cc(C)c(/C=N\NC(=O)c3ccc(I)c(O)c3)cc21. The summed E-state index contributed by atoms with van der Waals surface area (Å²) in [6, 6.07) is 9.04. The first-order chi connectivity index (χ1) is 13.1. The molecule has 5 nitrogen and oxygen atoms in total. The normalized spacial score (nSPS) is 15.4. The number of carbonyl (C=O) groups is 1. The third-order valence-electron chi connectivity index (χ3n) is 5.18. The molecule has 6 heteroatoms. The van der Waals surface area contributed by atoms with Gasteiger partial charge in [0.2, 0.25) is 0 Å². The second-order valence-corrected chi connectivity index (χ2v) is 8.79. The van der Waals surface area contributed by atoms with Crippen LogP contribution in [0.15, 0.2) is 41.5 Å². The molecule has 1 heterocycles. The second-order valence-electron chi connectivity index (χ2n) is 7.63. The number of hydrogen-bond donors (Lipinski definition) is 2. The van der Waals surface area contributed by atoms with Gasteiger partial charge in [0.25, 0.3) is 5.91 Å². The number of nitrogens with zero attached hydrogens (tertiary/aromatic N) is 2. The third kappa shape index (κ3) is 3.92. The first kappa shape index (κ1) is 20.4. The number of benzene rings is 2. The van der Waals surface area contributed by atoms with Crippen LogP contribution in [0, 0.1) is 10.5 Å². The molecule has 2 aromatic rings. The molecule has 0 saturated heterocycles. The summed E-state index contributed by atoms with van der Waals surface area (Å²) in [5, 5.41) is 13.9. The number of amides is 1. The van der Waals surface area contributed by atoms with Gasteiger partial charge in [-0.15, -0.1) is 0 Å². The van der Waals surface area contributed by atoms with E-state index in [1.807, 2.05) is 29.5 Å². The number of aryl methyl sites for hydroxylation is 1. The zero-order valence-electron chi connectivity index (χ0n) is 16.7. The van der Waals surface area contributed by atoms with E-state index >= 15 is 0 Å². The van der Waals surface area contributed by atoms with E-state index in [9.17, 15) is 9.90 Å². The molecule has 0 unspecified atom stereocenters. The Bertz CT molecular complexity index is 1010. The predicted octanol–water partition coefficient (Wildman–Crippen LogP) is 4.70. The molecule has 0 saturated carbocycles. The van der Waals surface area contributed by atoms with E-state index in [1.165, 1.54) is 22.9 Å². The summed E-state index contributed by atoms with van der Waals surface area (Å²) in [6.07, 6.45) is 3.92. The lowest BCUT2D eigenvalue weighted by molar-refractivity contribution is 0.0954. The van der Waals surface area contributed by atoms with Crippen LogP contribution in [0.3, 0.4) is 0 Å². The Labute approximate surface area is 179 Å². The molecule has 0 aromatic heterocycles. The Kier molecular flexibility index (Phi) is 5.52. The smallest absolute Gasteiger partial charge is 0.271 e. The molecular formula is C22H24IN3O2. The molecule has 0 radical (unpaired) electrons. The van der Waals surface area contributed by atoms with Crippen LogP contribution >= 0.6 is 22.6 Å². The third-order valence-corrected chi connectivity index (χ3v) is 6.10. The van der Waals surface area contributed by atoms with Crippen molar-refractivity contribution in [2.45, 2.75) is 33.2 Å². The topological polar surface area (TPSA) is 64.9 Å². The summed E-state index contributed by atoms with van der Waals surface area (Å²) in [5.74, 6) is -0.284. The molecule has 1 amide bonds. The van der Waals surface area contributed by atoms with Crippen LogP contribution in [-0.4, -0.2) is 29.8 Å². The van der Waals surface area contributed by atoms with Crippen LogP contribution in [0.5, 0.6) is 5.75 Å². The number of aromatic hydroxyl groups is 1. The minimum absolute atomic E-state index is 0.0356. The number of rotatable bonds is 3. The molecule has 2 N–H and O–H groups in total. The van der Waals surface area contributed by atoms with E-state index in [-0.39, 0.29) is 17.2 Å². The lowest BCUT2D eigenvalue weighted by Gasteiger charge is -2.41. The molecule has 28 heavy (non-hydrogen) atoms. The van der Waals surface area contributed by atoms with Crippen LogP contribution in [0.25, 0.3) is 5.57 Å². The molecule has 1 aliphatic rings. The summed E-state index contributed by atoms with van der Waals surface area (Å²) < 4.78 is 0.693. The number of allylic oxidation sites excluding steroid dienone is 1. The molecule has 0 fully saturated rings. The number of fused-ring (bicyclic) bond motifs is 1. The average Bonchev–Trinajstić information content (AvgIpc) is 2.62. The van der Waals surface area contributed by atoms with Gasteiger partial charge in [-0.05, 0) is 97.3 Å². The first-order valence-electron chi connectivity index (χ1n) is 9.00. The van der Waals surface area contributed by atoms with Crippen molar-refractivity contribution in [3.05, 3.63) is 62.2 Å². The Morgan fingerprint density at radius 1 is 1.25 bits per heavy atom. The van der Waals surface area contributed by atoms with Crippen molar-refractivity contribution in [1.29, 1.82) is 0 Å². The Morgan fingerprint density at radius 2 is 1.96 bits per heavy atom. The maximum atomic E-state index is 12.2. The van der Waals surface area contributed by atoms with Crippen molar-refractivity contribution in [1.82, 2.24) is 5.43 Å². The molecule has 0 atom stereocenters. The Hall–Kier alpha value is -2.35. The molecule has 0 spiro atoms. The number of hydrazone groups is 1. The molecule has 1 aliphatic heterocycles. The largest absolute Gasteiger partial charge is 0.507 e. The fraction of sp³-hybridized carbons (Fsp3) is 0.273. The second kappa shape index (κ2) is 7.58. The summed E-state index contributed by atoms with van der Waals surface area (Å²) >= 11 is 2.01. The standard InChI is InChI=1S/C22H24IN3O2/c1-13-8-19-17(14(2)11-22(3,4)26(19)5)9-16(13)12-24-25-21(28)15-6-7-18(23)20(27)10-15/h6-12,27H,1-5H3,(H,25,28)/b24-12-. The summed E-state index contributed by atoms with van der Waals surface area (Å²) in [5.41, 5.74) is 8.48. The Balaban J connectivity index is 1.82. The van der Waals surface area contributed by atoms with Crippen molar-refractivity contribution < 1.29 is 9.90 Å². The quantitative estimate of drug-likeness (QED) is 0.373. The van der Waals surface area contributed by atoms with Gasteiger partial charge in [-0.2, -0.15) is 5.10 Å². The number of carbonyl (C=O) groups excluding carboxylic acids is 1. The van der Waals surface area contributed by atoms with Crippen LogP contribution in [0.4, 0.5) is 5.69 Å². The van der Waals surface area contributed by atoms with Crippen molar-refractivity contribution in [2.24, 2.45) is 5.10 Å². The van der Waals surface area contributed by atoms with E-state index in [1.54, 1.807) is 18.3 Å². The molecule has 0 bridgehead atoms. The van der Waals surface area contributed by atoms with Crippen molar-refractivity contribution >= 4 is 46.0 Å². The molecular weight excluding hydrogens is 465 g/mol. The number of phenolic OH excluding ortho intramolecular Hbond substituents is 1. The lowest BCUT2D eigenvalue weighted by Crippen LogP contribution is -2.42. The van der Waals surface area contributed by atoms with Crippen molar-refractivity contribution in [3.8, 4) is 5.75 Å². The van der Waals surface area contributed by atoms with E-state index in [0.29, 0.717) is 9.13 Å². The average molecular weight is 489 g/mol. The minimum Gasteiger partial charge on any atom is -0.507 e. The number of nitrogens with one attached hydrogen (secondary N) is 1. The van der Waals surface area contributed by atoms with Gasteiger partial charge in [-0.25, -0.2) is 5.43 Å². The maximum Gasteiger partial charge on any atom is 0.271 e. The van der Waals surface area contributed by atoms with Gasteiger partial charge in [0.15, 0.2) is 0 Å². The van der Waals surface area contributed by atoms with Crippen molar-refractivity contribution in [2.75, 3.05) is 11.9 Å². The highest BCUT2D eigenvalue weighted by atomic mass is 127. The first-order valence-corrected chi connectivity index (χ1v) is 10.1. The van der Waals surface area contributed by atoms with Crippen LogP contribution in [0.1, 0.15) is 47.8 Å². The fourth-order valence-electron chi connectivity index (χ4n) is 3.34. The molecule has 146 valence electrons. The van der Waals surface area contributed by atoms with Crippen LogP contribution in [0.2, 0.25) is 0 Å². The lowest BCUT2D eigenvalue weighted by atomic mass is 9.87. The van der Waals surface area contributed by atoms with Gasteiger partial charge in [0.1, 0.15) is 5.75 Å². The maximum absolute atomic E-state index is 12.2. The number of anilines is 1. The summed E-state index contributed by atoms with van der Waals surface area (Å²) in [6.45, 7) is 8.55. The highest BCUT2D eigenvalue weighted by molar-refractivity contribution is 14.1. The number of phenols is 1. The zero-order valence-corrected chi connectivity index (χ0v) is 18.8. The van der Waals surface area contributed by atoms with Gasteiger partial charge in [0.05, 0.1) is 15.3 Å². The highest BCUT2D eigenvalue weighted by Crippen LogP contribution is 2.38.